The quantitative estimate of drug-likeness (QED) is 0.0347. The number of rotatable bonds is 49. The van der Waals surface area contributed by atoms with Crippen molar-refractivity contribution in [2.24, 2.45) is 0 Å². The highest BCUT2D eigenvalue weighted by Gasteiger charge is 2.17. The average Bonchev–Trinajstić information content (AvgIpc) is 3.25. The van der Waals surface area contributed by atoms with Crippen molar-refractivity contribution in [2.75, 3.05) is 19.8 Å². The molecule has 0 aromatic carbocycles. The molecule has 0 aliphatic carbocycles. The number of carbonyl (C=O) groups is 2. The van der Waals surface area contributed by atoms with Gasteiger partial charge in [0.05, 0.1) is 6.61 Å². The Balaban J connectivity index is 4.07. The van der Waals surface area contributed by atoms with Crippen LogP contribution in [0.1, 0.15) is 278 Å². The summed E-state index contributed by atoms with van der Waals surface area (Å²) in [6.45, 7) is 7.79. The number of carbonyl (C=O) groups excluding carboxylic acids is 2. The zero-order chi connectivity index (χ0) is 43.5. The van der Waals surface area contributed by atoms with Gasteiger partial charge in [0.25, 0.3) is 0 Å². The van der Waals surface area contributed by atoms with Crippen molar-refractivity contribution in [2.45, 2.75) is 284 Å². The van der Waals surface area contributed by atoms with Gasteiger partial charge >= 0.3 is 11.9 Å². The number of allylic oxidation sites excluding steroid dienone is 6. The zero-order valence-corrected chi connectivity index (χ0v) is 40.5. The Bertz CT molecular complexity index is 955. The summed E-state index contributed by atoms with van der Waals surface area (Å²) in [5.74, 6) is -0.398. The van der Waals surface area contributed by atoms with Gasteiger partial charge < -0.3 is 14.2 Å². The first-order valence-corrected chi connectivity index (χ1v) is 26.5. The largest absolute Gasteiger partial charge is 0.462 e. The summed E-state index contributed by atoms with van der Waals surface area (Å²) in [5.41, 5.74) is 0. The maximum Gasteiger partial charge on any atom is 0.306 e. The molecule has 0 saturated heterocycles. The Kier molecular flexibility index (Phi) is 49.9. The summed E-state index contributed by atoms with van der Waals surface area (Å²) in [5, 5.41) is 0. The molecule has 0 aliphatic heterocycles. The van der Waals surface area contributed by atoms with Crippen molar-refractivity contribution in [3.8, 4) is 0 Å². The molecule has 0 heterocycles. The van der Waals surface area contributed by atoms with Gasteiger partial charge in [0, 0.05) is 19.4 Å². The molecule has 0 spiro atoms. The van der Waals surface area contributed by atoms with Crippen LogP contribution in [0.25, 0.3) is 0 Å². The number of ether oxygens (including phenoxy) is 3. The van der Waals surface area contributed by atoms with Crippen molar-refractivity contribution >= 4 is 11.9 Å². The number of esters is 2. The van der Waals surface area contributed by atoms with Crippen molar-refractivity contribution in [3.63, 3.8) is 0 Å². The summed E-state index contributed by atoms with van der Waals surface area (Å²) in [6.07, 6.45) is 61.7. The second-order valence-electron chi connectivity index (χ2n) is 17.8. The predicted octanol–water partition coefficient (Wildman–Crippen LogP) is 17.8. The molecule has 0 aliphatic rings. The van der Waals surface area contributed by atoms with Crippen molar-refractivity contribution in [1.29, 1.82) is 0 Å². The fraction of sp³-hybridized carbons (Fsp3) is 0.855. The van der Waals surface area contributed by atoms with E-state index in [0.717, 1.165) is 44.9 Å². The Labute approximate surface area is 374 Å². The van der Waals surface area contributed by atoms with E-state index in [1.165, 1.54) is 199 Å². The maximum absolute atomic E-state index is 12.7. The Morgan fingerprint density at radius 2 is 0.700 bits per heavy atom. The van der Waals surface area contributed by atoms with Crippen molar-refractivity contribution in [1.82, 2.24) is 0 Å². The highest BCUT2D eigenvalue weighted by Crippen LogP contribution is 2.15. The normalized spacial score (nSPS) is 12.4. The third kappa shape index (κ3) is 48.8. The van der Waals surface area contributed by atoms with Crippen LogP contribution in [0, 0.1) is 0 Å². The Hall–Kier alpha value is -1.88. The van der Waals surface area contributed by atoms with Crippen molar-refractivity contribution < 1.29 is 23.8 Å². The van der Waals surface area contributed by atoms with E-state index < -0.39 is 6.10 Å². The first-order valence-electron chi connectivity index (χ1n) is 26.5. The summed E-state index contributed by atoms with van der Waals surface area (Å²) in [6, 6.07) is 0. The number of hydrogen-bond acceptors (Lipinski definition) is 5. The fourth-order valence-electron chi connectivity index (χ4n) is 7.65. The minimum atomic E-state index is -0.533. The monoisotopic (exact) mass is 843 g/mol. The van der Waals surface area contributed by atoms with E-state index in [4.69, 9.17) is 14.2 Å². The predicted molar refractivity (Wildman–Crippen MR) is 261 cm³/mol. The van der Waals surface area contributed by atoms with Crippen LogP contribution in [0.15, 0.2) is 36.5 Å². The lowest BCUT2D eigenvalue weighted by Gasteiger charge is -2.18. The van der Waals surface area contributed by atoms with Crippen LogP contribution in [-0.4, -0.2) is 37.9 Å². The SMILES string of the molecule is CCCCC/C=C\C/C=C\CCCCCCCCCCCCOCC(COC(=O)CCCCCCCCC/C=C\CCCCCCCC)OC(=O)CCCCCCCCC. The smallest absolute Gasteiger partial charge is 0.306 e. The summed E-state index contributed by atoms with van der Waals surface area (Å²) >= 11 is 0. The van der Waals surface area contributed by atoms with E-state index in [1.807, 2.05) is 0 Å². The molecule has 5 nitrogen and oxygen atoms in total. The van der Waals surface area contributed by atoms with E-state index in [-0.39, 0.29) is 25.2 Å². The van der Waals surface area contributed by atoms with E-state index in [2.05, 4.69) is 57.2 Å². The Morgan fingerprint density at radius 3 is 1.15 bits per heavy atom. The molecule has 5 heteroatoms. The van der Waals surface area contributed by atoms with Crippen LogP contribution in [0.4, 0.5) is 0 Å². The lowest BCUT2D eigenvalue weighted by atomic mass is 10.1. The molecule has 0 radical (unpaired) electrons. The molecule has 0 aromatic rings. The topological polar surface area (TPSA) is 61.8 Å². The van der Waals surface area contributed by atoms with Gasteiger partial charge in [-0.25, -0.2) is 0 Å². The molecular formula is C55H102O5. The van der Waals surface area contributed by atoms with Gasteiger partial charge in [-0.15, -0.1) is 0 Å². The maximum atomic E-state index is 12.7. The molecule has 0 bridgehead atoms. The highest BCUT2D eigenvalue weighted by molar-refractivity contribution is 5.70. The molecule has 0 aromatic heterocycles. The molecule has 0 fully saturated rings. The van der Waals surface area contributed by atoms with Crippen LogP contribution in [-0.2, 0) is 23.8 Å². The third-order valence-corrected chi connectivity index (χ3v) is 11.6. The molecule has 60 heavy (non-hydrogen) atoms. The van der Waals surface area contributed by atoms with Crippen LogP contribution >= 0.6 is 0 Å². The summed E-state index contributed by atoms with van der Waals surface area (Å²) in [4.78, 5) is 25.2. The van der Waals surface area contributed by atoms with Gasteiger partial charge in [0.15, 0.2) is 6.10 Å². The Morgan fingerprint density at radius 1 is 0.367 bits per heavy atom. The van der Waals surface area contributed by atoms with Gasteiger partial charge in [0.1, 0.15) is 6.61 Å². The zero-order valence-electron chi connectivity index (χ0n) is 40.5. The lowest BCUT2D eigenvalue weighted by Crippen LogP contribution is -2.30. The molecular weight excluding hydrogens is 741 g/mol. The fourth-order valence-corrected chi connectivity index (χ4v) is 7.65. The second kappa shape index (κ2) is 51.5. The minimum absolute atomic E-state index is 0.0859. The summed E-state index contributed by atoms with van der Waals surface area (Å²) < 4.78 is 17.4. The van der Waals surface area contributed by atoms with Gasteiger partial charge in [-0.05, 0) is 77.0 Å². The number of unbranched alkanes of at least 4 members (excludes halogenated alkanes) is 32. The number of hydrogen-bond donors (Lipinski definition) is 0. The molecule has 352 valence electrons. The van der Waals surface area contributed by atoms with E-state index in [0.29, 0.717) is 19.4 Å². The van der Waals surface area contributed by atoms with Crippen LogP contribution in [0.3, 0.4) is 0 Å². The molecule has 0 amide bonds. The molecule has 1 unspecified atom stereocenters. The average molecular weight is 843 g/mol. The van der Waals surface area contributed by atoms with Crippen LogP contribution in [0.5, 0.6) is 0 Å². The van der Waals surface area contributed by atoms with Crippen LogP contribution < -0.4 is 0 Å². The second-order valence-corrected chi connectivity index (χ2v) is 17.8. The minimum Gasteiger partial charge on any atom is -0.462 e. The van der Waals surface area contributed by atoms with Gasteiger partial charge in [-0.2, -0.15) is 0 Å². The third-order valence-electron chi connectivity index (χ3n) is 11.6. The molecule has 0 N–H and O–H groups in total. The van der Waals surface area contributed by atoms with Crippen molar-refractivity contribution in [3.05, 3.63) is 36.5 Å². The van der Waals surface area contributed by atoms with Crippen LogP contribution in [0.2, 0.25) is 0 Å². The molecule has 0 saturated carbocycles. The first kappa shape index (κ1) is 58.1. The summed E-state index contributed by atoms with van der Waals surface area (Å²) in [7, 11) is 0. The van der Waals surface area contributed by atoms with E-state index in [1.54, 1.807) is 0 Å². The molecule has 1 atom stereocenters. The van der Waals surface area contributed by atoms with Gasteiger partial charge in [-0.3, -0.25) is 9.59 Å². The van der Waals surface area contributed by atoms with Gasteiger partial charge in [-0.1, -0.05) is 224 Å². The first-order chi connectivity index (χ1) is 29.6. The van der Waals surface area contributed by atoms with E-state index >= 15 is 0 Å². The highest BCUT2D eigenvalue weighted by atomic mass is 16.6. The molecule has 0 rings (SSSR count). The lowest BCUT2D eigenvalue weighted by molar-refractivity contribution is -0.163. The van der Waals surface area contributed by atoms with E-state index in [9.17, 15) is 9.59 Å². The van der Waals surface area contributed by atoms with Gasteiger partial charge in [0.2, 0.25) is 0 Å². The standard InChI is InChI=1S/C55H102O5/c1-4-7-10-13-16-18-20-22-24-26-27-28-30-32-34-36-38-41-44-47-50-58-51-53(60-55(57)49-46-43-39-15-12-9-6-3)52-59-54(56)48-45-42-40-37-35-33-31-29-25-23-21-19-17-14-11-8-5-2/h16,18,22-25,53H,4-15,17,19-21,26-52H2,1-3H3/b18-16-,24-22-,25-23-.